The molecule has 9 unspecified atom stereocenters. The van der Waals surface area contributed by atoms with Gasteiger partial charge in [0.1, 0.15) is 48.8 Å². The van der Waals surface area contributed by atoms with Gasteiger partial charge in [0.2, 0.25) is 28.7 Å². The van der Waals surface area contributed by atoms with Gasteiger partial charge in [-0.05, 0) is 18.6 Å². The Labute approximate surface area is 426 Å². The average Bonchev–Trinajstić information content (AvgIpc) is 3.87. The zero-order valence-corrected chi connectivity index (χ0v) is 44.1. The molecular formula is C37H63N10O21P3S2. The van der Waals surface area contributed by atoms with E-state index in [1.807, 2.05) is 0 Å². The Bertz CT molecular complexity index is 2350. The SMILES string of the molecule is CCCCCCSCC(NC(=O)CCC(N)C(=O)SCCNC(=O)CCNC(=O)C(O)C(C)(C)COP(=O)(O)OP(=O)(O)OCC1OC(n2cnc3c(N)ncnc32)C(O)C1OP(=O)(O)O)C(=O)NCC(=O)O. The van der Waals surface area contributed by atoms with E-state index in [9.17, 15) is 72.2 Å². The molecule has 1 aliphatic rings. The number of unbranched alkanes of at least 4 members (excludes halogenated alkanes) is 3. The predicted molar refractivity (Wildman–Crippen MR) is 258 cm³/mol. The molecule has 0 radical (unpaired) electrons. The van der Waals surface area contributed by atoms with Crippen molar-refractivity contribution in [3.63, 3.8) is 0 Å². The normalized spacial score (nSPS) is 20.0. The van der Waals surface area contributed by atoms with Crippen LogP contribution in [0.25, 0.3) is 11.2 Å². The number of thioether (sulfide) groups is 2. The van der Waals surface area contributed by atoms with E-state index >= 15 is 0 Å². The Balaban J connectivity index is 1.38. The zero-order valence-electron chi connectivity index (χ0n) is 39.8. The first-order chi connectivity index (χ1) is 34.1. The van der Waals surface area contributed by atoms with Crippen LogP contribution < -0.4 is 32.7 Å². The number of nitrogens with zero attached hydrogens (tertiary/aromatic N) is 4. The van der Waals surface area contributed by atoms with Crippen LogP contribution in [0.4, 0.5) is 5.82 Å². The number of aromatic nitrogens is 4. The number of phosphoric acid groups is 3. The molecule has 0 aromatic carbocycles. The molecule has 1 saturated heterocycles. The molecule has 0 aliphatic carbocycles. The Morgan fingerprint density at radius 2 is 1.62 bits per heavy atom. The molecule has 0 spiro atoms. The number of carboxylic acid groups (broad SMARTS) is 1. The lowest BCUT2D eigenvalue weighted by Gasteiger charge is -2.30. The number of nitrogens with one attached hydrogen (secondary N) is 4. The van der Waals surface area contributed by atoms with Crippen LogP contribution in [-0.2, 0) is 65.1 Å². The summed E-state index contributed by atoms with van der Waals surface area (Å²) < 4.78 is 62.4. The maximum atomic E-state index is 12.8. The maximum Gasteiger partial charge on any atom is 0.481 e. The highest BCUT2D eigenvalue weighted by atomic mass is 32.2. The first-order valence-electron chi connectivity index (χ1n) is 22.2. The van der Waals surface area contributed by atoms with Gasteiger partial charge in [0.25, 0.3) is 0 Å². The Morgan fingerprint density at radius 3 is 2.29 bits per heavy atom. The van der Waals surface area contributed by atoms with Crippen LogP contribution in [0.2, 0.25) is 0 Å². The number of phosphoric ester groups is 3. The van der Waals surface area contributed by atoms with Crippen molar-refractivity contribution in [2.75, 3.05) is 55.8 Å². The molecule has 15 N–H and O–H groups in total. The molecule has 3 rings (SSSR count). The highest BCUT2D eigenvalue weighted by molar-refractivity contribution is 8.13. The quantitative estimate of drug-likeness (QED) is 0.0288. The van der Waals surface area contributed by atoms with E-state index < -0.39 is 126 Å². The Kier molecular flexibility index (Phi) is 25.7. The number of rotatable bonds is 34. The summed E-state index contributed by atoms with van der Waals surface area (Å²) in [4.78, 5) is 125. The summed E-state index contributed by atoms with van der Waals surface area (Å²) in [5.41, 5.74) is 10.1. The van der Waals surface area contributed by atoms with E-state index in [1.165, 1.54) is 25.6 Å². The fourth-order valence-electron chi connectivity index (χ4n) is 6.36. The topological polar surface area (TPSA) is 485 Å². The van der Waals surface area contributed by atoms with E-state index in [2.05, 4.69) is 52.0 Å². The van der Waals surface area contributed by atoms with Crippen LogP contribution >= 0.6 is 47.0 Å². The van der Waals surface area contributed by atoms with Crippen molar-refractivity contribution in [3.8, 4) is 0 Å². The van der Waals surface area contributed by atoms with Gasteiger partial charge in [0.15, 0.2) is 17.7 Å². The number of aliphatic hydroxyl groups excluding tert-OH is 2. The standard InChI is InChI=1S/C37H63N10O21P3S2/c1-4-5-6-7-13-72-17-22(33(54)42-15-26(50)51)46-25(49)9-8-21(38)36(56)73-14-12-40-24(48)10-11-41-34(55)30(53)37(2,3)18-65-71(62,63)68-70(60,61)64-16-23-29(67-69(57,58)59)28(52)35(66-23)47-20-45-27-31(39)43-19-44-32(27)47/h19-23,28-30,35,52-53H,4-18,38H2,1-3H3,(H,40,48)(H,41,55)(H,42,54)(H,46,49)(H,50,51)(H,60,61)(H,62,63)(H2,39,43,44)(H2,57,58,59). The number of carboxylic acids is 1. The molecule has 4 amide bonds. The third kappa shape index (κ3) is 22.2. The number of anilines is 1. The number of imidazole rings is 1. The van der Waals surface area contributed by atoms with Crippen LogP contribution in [0.1, 0.15) is 71.9 Å². The lowest BCUT2D eigenvalue weighted by Crippen LogP contribution is -2.49. The first kappa shape index (κ1) is 63.6. The highest BCUT2D eigenvalue weighted by Crippen LogP contribution is 2.61. The van der Waals surface area contributed by atoms with Crippen LogP contribution in [0.3, 0.4) is 0 Å². The van der Waals surface area contributed by atoms with E-state index in [-0.39, 0.29) is 60.8 Å². The smallest absolute Gasteiger partial charge is 0.480 e. The Hall–Kier alpha value is -3.72. The summed E-state index contributed by atoms with van der Waals surface area (Å²) in [6, 6.07) is -2.05. The molecule has 1 aliphatic heterocycles. The third-order valence-corrected chi connectivity index (χ3v) is 15.5. The number of carbonyl (C=O) groups excluding carboxylic acids is 5. The lowest BCUT2D eigenvalue weighted by molar-refractivity contribution is -0.138. The highest BCUT2D eigenvalue weighted by Gasteiger charge is 2.50. The van der Waals surface area contributed by atoms with Crippen molar-refractivity contribution in [3.05, 3.63) is 12.7 Å². The van der Waals surface area contributed by atoms with Gasteiger partial charge in [0.05, 0.1) is 25.6 Å². The number of carbonyl (C=O) groups is 6. The number of aliphatic carboxylic acids is 1. The molecule has 31 nitrogen and oxygen atoms in total. The predicted octanol–water partition coefficient (Wildman–Crippen LogP) is -1.23. The van der Waals surface area contributed by atoms with Crippen molar-refractivity contribution < 1.29 is 100.0 Å². The van der Waals surface area contributed by atoms with Crippen molar-refractivity contribution in [2.45, 2.75) is 108 Å². The molecule has 414 valence electrons. The van der Waals surface area contributed by atoms with Gasteiger partial charge >= 0.3 is 29.4 Å². The summed E-state index contributed by atoms with van der Waals surface area (Å²) in [5.74, 6) is -3.07. The lowest BCUT2D eigenvalue weighted by atomic mass is 9.87. The van der Waals surface area contributed by atoms with Gasteiger partial charge in [-0.25, -0.2) is 28.6 Å². The second-order valence-electron chi connectivity index (χ2n) is 16.7. The first-order valence-corrected chi connectivity index (χ1v) is 28.9. The monoisotopic (exact) mass is 1140 g/mol. The largest absolute Gasteiger partial charge is 0.481 e. The molecule has 1 fully saturated rings. The summed E-state index contributed by atoms with van der Waals surface area (Å²) in [5, 5.41) is 39.7. The molecule has 3 heterocycles. The number of amides is 4. The van der Waals surface area contributed by atoms with Crippen LogP contribution in [0.15, 0.2) is 12.7 Å². The summed E-state index contributed by atoms with van der Waals surface area (Å²) >= 11 is 2.24. The Morgan fingerprint density at radius 1 is 0.918 bits per heavy atom. The van der Waals surface area contributed by atoms with Gasteiger partial charge in [-0.3, -0.25) is 46.9 Å². The number of ether oxygens (including phenoxy) is 1. The number of hydrogen-bond acceptors (Lipinski definition) is 23. The van der Waals surface area contributed by atoms with Gasteiger partial charge < -0.3 is 72.4 Å². The van der Waals surface area contributed by atoms with Gasteiger partial charge in [-0.15, -0.1) is 0 Å². The maximum absolute atomic E-state index is 12.8. The summed E-state index contributed by atoms with van der Waals surface area (Å²) in [6.45, 7) is 1.48. The molecule has 0 saturated carbocycles. The summed E-state index contributed by atoms with van der Waals surface area (Å²) in [6.07, 6.45) is -3.46. The fourth-order valence-corrected chi connectivity index (χ4v) is 11.0. The fraction of sp³-hybridized carbons (Fsp3) is 0.703. The second kappa shape index (κ2) is 29.5. The van der Waals surface area contributed by atoms with Crippen LogP contribution in [-0.4, -0.2) is 176 Å². The second-order valence-corrected chi connectivity index (χ2v) is 23.2. The molecule has 73 heavy (non-hydrogen) atoms. The van der Waals surface area contributed by atoms with Crippen LogP contribution in [0.5, 0.6) is 0 Å². The van der Waals surface area contributed by atoms with E-state index in [0.29, 0.717) is 0 Å². The van der Waals surface area contributed by atoms with Crippen LogP contribution in [0, 0.1) is 5.41 Å². The minimum Gasteiger partial charge on any atom is -0.480 e. The van der Waals surface area contributed by atoms with E-state index in [0.717, 1.165) is 60.4 Å². The van der Waals surface area contributed by atoms with E-state index in [1.54, 1.807) is 0 Å². The van der Waals surface area contributed by atoms with E-state index in [4.69, 9.17) is 30.4 Å². The van der Waals surface area contributed by atoms with Crippen molar-refractivity contribution in [2.24, 2.45) is 11.1 Å². The average molecular weight is 1140 g/mol. The van der Waals surface area contributed by atoms with Crippen molar-refractivity contribution in [1.29, 1.82) is 0 Å². The van der Waals surface area contributed by atoms with Crippen molar-refractivity contribution >= 4 is 98.7 Å². The zero-order chi connectivity index (χ0) is 54.7. The number of fused-ring (bicyclic) bond motifs is 1. The molecule has 36 heteroatoms. The minimum absolute atomic E-state index is 0.00156. The molecule has 0 bridgehead atoms. The number of hydrogen-bond donors (Lipinski definition) is 13. The van der Waals surface area contributed by atoms with Gasteiger partial charge in [-0.2, -0.15) is 16.1 Å². The molecule has 2 aromatic heterocycles. The number of aliphatic hydroxyl groups is 2. The minimum atomic E-state index is -5.63. The summed E-state index contributed by atoms with van der Waals surface area (Å²) in [7, 11) is -16.6. The number of nitrogens with two attached hydrogens (primary N) is 2. The molecular weight excluding hydrogens is 1080 g/mol. The number of nitrogen functional groups attached to an aromatic ring is 1. The third-order valence-electron chi connectivity index (χ3n) is 10.2. The van der Waals surface area contributed by atoms with Crippen molar-refractivity contribution in [1.82, 2.24) is 40.8 Å². The van der Waals surface area contributed by atoms with Gasteiger partial charge in [0, 0.05) is 42.9 Å². The van der Waals surface area contributed by atoms with Gasteiger partial charge in [-0.1, -0.05) is 51.8 Å². The molecule has 2 aromatic rings. The molecule has 9 atom stereocenters.